The van der Waals surface area contributed by atoms with Gasteiger partial charge in [0.05, 0.1) is 0 Å². The number of hydrogen-bond acceptors (Lipinski definition) is 5. The van der Waals surface area contributed by atoms with E-state index in [1.54, 1.807) is 0 Å². The molecule has 2 aliphatic carbocycles. The van der Waals surface area contributed by atoms with E-state index >= 15 is 0 Å². The van der Waals surface area contributed by atoms with Crippen LogP contribution >= 0.6 is 0 Å². The van der Waals surface area contributed by atoms with E-state index in [0.717, 1.165) is 67.9 Å². The van der Waals surface area contributed by atoms with E-state index in [4.69, 9.17) is 0 Å². The van der Waals surface area contributed by atoms with Crippen molar-refractivity contribution in [3.05, 3.63) is 391 Å². The van der Waals surface area contributed by atoms with E-state index in [0.29, 0.717) is 5.41 Å². The van der Waals surface area contributed by atoms with Crippen molar-refractivity contribution >= 4 is 0 Å². The molecular weight excluding hydrogens is 2230 g/mol. The van der Waals surface area contributed by atoms with Gasteiger partial charge >= 0.3 is 0 Å². The summed E-state index contributed by atoms with van der Waals surface area (Å²) in [6.45, 7) is 17.2. The number of aryl methyl sites for hydroxylation is 4. The molecule has 5 aromatic heterocycles. The Hall–Kier alpha value is -8.80. The zero-order valence-electron chi connectivity index (χ0n) is 62.9. The first-order valence-electron chi connectivity index (χ1n) is 36.3. The first-order valence-corrected chi connectivity index (χ1v) is 36.3. The Morgan fingerprint density at radius 3 is 1.05 bits per heavy atom. The Balaban J connectivity index is 0.000000171. The SMILES string of the molecule is CC(C)(C)c1ccc(-c2[c-]ccc(-c3ccccc3)c2)nc1.CC1(c2ccnc(-c3[c-]ccc(-c4ccccc4)c3)c2)CC1.Cc1cc(C)nc(-c2[c-]ccc(-c3ccccc3)c2)c1.Cc1cnc(-c2[c-]ccc(-c3ccccc3)c2)cc1C.[Ir].[Ir].[Ir].[Ir].[Ir].[c-]1ccc(-c2ccccc2)cc1-c1cc(C2CC2)ccn1. The molecule has 0 unspecified atom stereocenters. The van der Waals surface area contributed by atoms with Crippen molar-refractivity contribution in [1.82, 2.24) is 24.9 Å². The summed E-state index contributed by atoms with van der Waals surface area (Å²) in [6.07, 6.45) is 12.9. The zero-order valence-corrected chi connectivity index (χ0v) is 74.9. The van der Waals surface area contributed by atoms with Gasteiger partial charge in [-0.1, -0.05) is 232 Å². The van der Waals surface area contributed by atoms with Crippen LogP contribution in [0.5, 0.6) is 0 Å². The Bertz CT molecular complexity index is 5340. The van der Waals surface area contributed by atoms with Crippen LogP contribution in [-0.2, 0) is 111 Å². The smallest absolute Gasteiger partial charge is 0.0268 e. The van der Waals surface area contributed by atoms with Crippen LogP contribution in [0.3, 0.4) is 0 Å². The van der Waals surface area contributed by atoms with Gasteiger partial charge in [0.25, 0.3) is 0 Å². The Labute approximate surface area is 719 Å². The molecule has 10 heteroatoms. The molecule has 5 radical (unpaired) electrons. The Kier molecular flexibility index (Phi) is 32.7. The molecule has 561 valence electrons. The molecule has 110 heavy (non-hydrogen) atoms. The zero-order chi connectivity index (χ0) is 72.5. The van der Waals surface area contributed by atoms with Crippen LogP contribution in [0.15, 0.2) is 322 Å². The van der Waals surface area contributed by atoms with Gasteiger partial charge in [0.15, 0.2) is 0 Å². The summed E-state index contributed by atoms with van der Waals surface area (Å²) in [5.41, 5.74) is 31.6. The van der Waals surface area contributed by atoms with Crippen molar-refractivity contribution in [2.24, 2.45) is 0 Å². The van der Waals surface area contributed by atoms with E-state index in [1.807, 2.05) is 92.4 Å². The predicted molar refractivity (Wildman–Crippen MR) is 436 cm³/mol. The number of pyridine rings is 5. The molecule has 2 saturated carbocycles. The van der Waals surface area contributed by atoms with Crippen molar-refractivity contribution in [2.45, 2.75) is 97.8 Å². The average Bonchev–Trinajstić information content (AvgIpc) is 1.62. The van der Waals surface area contributed by atoms with Crippen molar-refractivity contribution in [3.8, 4) is 112 Å². The van der Waals surface area contributed by atoms with Gasteiger partial charge in [-0.05, 0) is 161 Å². The maximum absolute atomic E-state index is 4.62. The summed E-state index contributed by atoms with van der Waals surface area (Å²) in [7, 11) is 0. The first-order chi connectivity index (χ1) is 51.1. The van der Waals surface area contributed by atoms with Crippen molar-refractivity contribution < 1.29 is 101 Å². The molecule has 2 aliphatic rings. The standard InChI is InChI=1S/C21H18N.C21H20N.C20H16N.2C19H16N.5Ir/c1-21(11-12-21)19-10-13-22-20(15-19)18-9-5-8-17(14-18)16-6-3-2-4-7-16;1-21(2,3)19-12-13-20(22-15-19)18-11-7-10-17(14-18)16-8-5-4-6-9-16;1-2-5-15(6-3-1)17-7-4-8-19(13-17)20-14-18(11-12-21-20)16-9-10-16;1-14-11-19(20-13-15(14)2)18-10-6-9-17(12-18)16-7-4-3-5-8-16;1-14-11-15(2)20-19(12-14)18-10-6-9-17(13-18)16-7-4-3-5-8-16;;;;;/h2-8,10,13-15H,11-12H2,1H3;4-10,12-15H,1-3H3;1-7,11-14,16H,9-10H2;2*3-9,11-13H,1-2H3;;;;;/q5*-1;;;;;. The second-order valence-corrected chi connectivity index (χ2v) is 28.5. The third-order valence-corrected chi connectivity index (χ3v) is 19.3. The Morgan fingerprint density at radius 1 is 0.327 bits per heavy atom. The van der Waals surface area contributed by atoms with E-state index in [2.05, 4.69) is 340 Å². The van der Waals surface area contributed by atoms with Gasteiger partial charge in [-0.25, -0.2) is 0 Å². The van der Waals surface area contributed by atoms with Crippen LogP contribution in [0, 0.1) is 58.0 Å². The molecule has 0 N–H and O–H groups in total. The Morgan fingerprint density at radius 2 is 0.691 bits per heavy atom. The van der Waals surface area contributed by atoms with Crippen LogP contribution in [0.2, 0.25) is 0 Å². The largest absolute Gasteiger partial charge is 0.305 e. The minimum atomic E-state index is 0. The number of nitrogens with zero attached hydrogens (tertiary/aromatic N) is 5. The van der Waals surface area contributed by atoms with Crippen molar-refractivity contribution in [1.29, 1.82) is 0 Å². The molecular formula is C100H86Ir5N5-5. The topological polar surface area (TPSA) is 64.5 Å². The fourth-order valence-electron chi connectivity index (χ4n) is 12.6. The van der Waals surface area contributed by atoms with Crippen LogP contribution in [0.4, 0.5) is 0 Å². The van der Waals surface area contributed by atoms with E-state index in [9.17, 15) is 0 Å². The quantitative estimate of drug-likeness (QED) is 0.114. The third kappa shape index (κ3) is 23.9. The van der Waals surface area contributed by atoms with Crippen molar-refractivity contribution in [3.63, 3.8) is 0 Å². The van der Waals surface area contributed by atoms with Gasteiger partial charge in [-0.15, -0.1) is 177 Å². The summed E-state index contributed by atoms with van der Waals surface area (Å²) < 4.78 is 0. The third-order valence-electron chi connectivity index (χ3n) is 19.3. The van der Waals surface area contributed by atoms with Gasteiger partial charge in [0.2, 0.25) is 0 Å². The number of rotatable bonds is 12. The fourth-order valence-corrected chi connectivity index (χ4v) is 12.6. The van der Waals surface area contributed by atoms with Gasteiger partial charge < -0.3 is 24.9 Å². The average molecular weight is 2320 g/mol. The molecule has 0 saturated heterocycles. The predicted octanol–water partition coefficient (Wildman–Crippen LogP) is 25.5. The second-order valence-electron chi connectivity index (χ2n) is 28.5. The second kappa shape index (κ2) is 41.5. The molecule has 0 aliphatic heterocycles. The number of benzene rings is 10. The fraction of sp³-hybridized carbons (Fsp3) is 0.150. The van der Waals surface area contributed by atoms with Gasteiger partial charge in [-0.2, -0.15) is 0 Å². The van der Waals surface area contributed by atoms with E-state index in [1.165, 1.54) is 115 Å². The maximum atomic E-state index is 4.62. The summed E-state index contributed by atoms with van der Waals surface area (Å²) in [4.78, 5) is 22.8. The van der Waals surface area contributed by atoms with Crippen LogP contribution < -0.4 is 0 Å². The maximum Gasteiger partial charge on any atom is 0.0268 e. The molecule has 0 bridgehead atoms. The van der Waals surface area contributed by atoms with Gasteiger partial charge in [0.1, 0.15) is 0 Å². The molecule has 10 aromatic carbocycles. The minimum Gasteiger partial charge on any atom is -0.305 e. The molecule has 15 aromatic rings. The van der Waals surface area contributed by atoms with E-state index in [-0.39, 0.29) is 106 Å². The molecule has 0 amide bonds. The monoisotopic (exact) mass is 2320 g/mol. The van der Waals surface area contributed by atoms with Crippen LogP contribution in [0.25, 0.3) is 112 Å². The molecule has 0 atom stereocenters. The number of aromatic nitrogens is 5. The normalized spacial score (nSPS) is 11.9. The van der Waals surface area contributed by atoms with Crippen LogP contribution in [0.1, 0.15) is 98.4 Å². The molecule has 2 fully saturated rings. The van der Waals surface area contributed by atoms with Crippen molar-refractivity contribution in [2.75, 3.05) is 0 Å². The summed E-state index contributed by atoms with van der Waals surface area (Å²) in [5, 5.41) is 0. The summed E-state index contributed by atoms with van der Waals surface area (Å²) >= 11 is 0. The molecule has 5 heterocycles. The van der Waals surface area contributed by atoms with Crippen LogP contribution in [-0.4, -0.2) is 24.9 Å². The van der Waals surface area contributed by atoms with Gasteiger partial charge in [-0.3, -0.25) is 0 Å². The minimum absolute atomic E-state index is 0. The molecule has 0 spiro atoms. The molecule has 17 rings (SSSR count). The summed E-state index contributed by atoms with van der Waals surface area (Å²) in [6, 6.07) is 119. The first kappa shape index (κ1) is 86.8. The molecule has 5 nitrogen and oxygen atoms in total. The van der Waals surface area contributed by atoms with Gasteiger partial charge in [0, 0.05) is 131 Å². The number of hydrogen-bond donors (Lipinski definition) is 0. The summed E-state index contributed by atoms with van der Waals surface area (Å²) in [5.74, 6) is 0.754. The van der Waals surface area contributed by atoms with E-state index < -0.39 is 0 Å².